The molecule has 1 aromatic carbocycles. The summed E-state index contributed by atoms with van der Waals surface area (Å²) in [6, 6.07) is 6.62. The number of carbonyl (C=O) groups excluding carboxylic acids is 1. The summed E-state index contributed by atoms with van der Waals surface area (Å²) in [5, 5.41) is 11.0. The van der Waals surface area contributed by atoms with Crippen molar-refractivity contribution in [1.82, 2.24) is 0 Å². The van der Waals surface area contributed by atoms with E-state index < -0.39 is 12.1 Å². The maximum absolute atomic E-state index is 11.3. The predicted molar refractivity (Wildman–Crippen MR) is 62.8 cm³/mol. The fourth-order valence-electron chi connectivity index (χ4n) is 1.51. The highest BCUT2D eigenvalue weighted by molar-refractivity contribution is 6.31. The first kappa shape index (κ1) is 12.0. The predicted octanol–water partition coefficient (Wildman–Crippen LogP) is 2.68. The lowest BCUT2D eigenvalue weighted by atomic mass is 10.2. The summed E-state index contributed by atoms with van der Waals surface area (Å²) in [4.78, 5) is 11.3. The summed E-state index contributed by atoms with van der Waals surface area (Å²) in [5.41, 5.74) is 0.563. The van der Waals surface area contributed by atoms with Gasteiger partial charge in [0.25, 0.3) is 0 Å². The normalized spacial score (nSPS) is 12.6. The Balaban J connectivity index is 2.33. The maximum Gasteiger partial charge on any atom is 0.342 e. The van der Waals surface area contributed by atoms with Gasteiger partial charge in [-0.15, -0.1) is 0 Å². The number of hydrogen-bond donors (Lipinski definition) is 1. The molecule has 0 bridgehead atoms. The lowest BCUT2D eigenvalue weighted by molar-refractivity contribution is -0.154. The number of aliphatic hydroxyl groups is 1. The smallest absolute Gasteiger partial charge is 0.342 e. The Hall–Kier alpha value is -1.52. The van der Waals surface area contributed by atoms with Crippen molar-refractivity contribution in [2.45, 2.75) is 13.0 Å². The van der Waals surface area contributed by atoms with E-state index in [-0.39, 0.29) is 12.4 Å². The Morgan fingerprint density at radius 2 is 2.29 bits per heavy atom. The second-order valence-electron chi connectivity index (χ2n) is 3.49. The first-order valence-corrected chi connectivity index (χ1v) is 5.53. The molecule has 0 radical (unpaired) electrons. The van der Waals surface area contributed by atoms with Gasteiger partial charge in [-0.3, -0.25) is 0 Å². The van der Waals surface area contributed by atoms with Gasteiger partial charge in [0, 0.05) is 10.4 Å². The van der Waals surface area contributed by atoms with Gasteiger partial charge >= 0.3 is 5.97 Å². The summed E-state index contributed by atoms with van der Waals surface area (Å²) < 4.78 is 10.0. The maximum atomic E-state index is 11.3. The number of hydrogen-bond acceptors (Lipinski definition) is 4. The molecule has 1 atom stereocenters. The van der Waals surface area contributed by atoms with Crippen molar-refractivity contribution in [1.29, 1.82) is 0 Å². The topological polar surface area (TPSA) is 59.7 Å². The molecule has 0 saturated heterocycles. The lowest BCUT2D eigenvalue weighted by Crippen LogP contribution is -2.14. The summed E-state index contributed by atoms with van der Waals surface area (Å²) in [6.45, 7) is 1.88. The Kier molecular flexibility index (Phi) is 3.36. The van der Waals surface area contributed by atoms with Gasteiger partial charge in [-0.05, 0) is 31.2 Å². The van der Waals surface area contributed by atoms with Gasteiger partial charge in [0.05, 0.1) is 6.61 Å². The summed E-state index contributed by atoms with van der Waals surface area (Å²) in [6.07, 6.45) is -1.40. The molecular weight excluding hydrogens is 244 g/mol. The molecule has 2 rings (SSSR count). The molecule has 0 aliphatic rings. The Bertz CT molecular complexity index is 546. The van der Waals surface area contributed by atoms with Gasteiger partial charge in [0.15, 0.2) is 0 Å². The summed E-state index contributed by atoms with van der Waals surface area (Å²) in [5.74, 6) is -0.571. The highest BCUT2D eigenvalue weighted by atomic mass is 35.5. The van der Waals surface area contributed by atoms with Gasteiger partial charge < -0.3 is 14.3 Å². The molecule has 17 heavy (non-hydrogen) atoms. The number of halogens is 1. The molecule has 0 aliphatic heterocycles. The molecule has 4 nitrogen and oxygen atoms in total. The van der Waals surface area contributed by atoms with Gasteiger partial charge in [-0.2, -0.15) is 0 Å². The second kappa shape index (κ2) is 4.77. The van der Waals surface area contributed by atoms with Crippen molar-refractivity contribution in [2.75, 3.05) is 6.61 Å². The third-order valence-electron chi connectivity index (χ3n) is 2.28. The Morgan fingerprint density at radius 3 is 3.00 bits per heavy atom. The number of benzene rings is 1. The van der Waals surface area contributed by atoms with E-state index in [4.69, 9.17) is 20.8 Å². The molecule has 5 heteroatoms. The molecule has 0 saturated carbocycles. The molecule has 2 aromatic rings. The molecule has 1 aromatic heterocycles. The monoisotopic (exact) mass is 254 g/mol. The van der Waals surface area contributed by atoms with Crippen LogP contribution >= 0.6 is 11.6 Å². The third-order valence-corrected chi connectivity index (χ3v) is 2.51. The van der Waals surface area contributed by atoms with Crippen LogP contribution in [0.1, 0.15) is 18.8 Å². The molecular formula is C12H11ClO4. The number of carbonyl (C=O) groups is 1. The van der Waals surface area contributed by atoms with Crippen molar-refractivity contribution in [3.8, 4) is 0 Å². The number of rotatable bonds is 3. The largest absolute Gasteiger partial charge is 0.464 e. The van der Waals surface area contributed by atoms with E-state index in [1.807, 2.05) is 0 Å². The van der Waals surface area contributed by atoms with Crippen molar-refractivity contribution in [3.05, 3.63) is 35.0 Å². The van der Waals surface area contributed by atoms with Crippen LogP contribution in [0, 0.1) is 0 Å². The fraction of sp³-hybridized carbons (Fsp3) is 0.250. The van der Waals surface area contributed by atoms with Crippen LogP contribution in [0.2, 0.25) is 5.02 Å². The molecule has 0 fully saturated rings. The Morgan fingerprint density at radius 1 is 1.53 bits per heavy atom. The fourth-order valence-corrected chi connectivity index (χ4v) is 1.69. The number of aliphatic hydroxyl groups excluding tert-OH is 1. The number of furan rings is 1. The molecule has 1 heterocycles. The number of ether oxygens (including phenoxy) is 1. The summed E-state index contributed by atoms with van der Waals surface area (Å²) >= 11 is 5.82. The Labute approximate surface area is 103 Å². The zero-order valence-corrected chi connectivity index (χ0v) is 9.90. The van der Waals surface area contributed by atoms with E-state index in [0.717, 1.165) is 5.39 Å². The van der Waals surface area contributed by atoms with Gasteiger partial charge in [0.2, 0.25) is 6.10 Å². The van der Waals surface area contributed by atoms with Crippen molar-refractivity contribution < 1.29 is 19.1 Å². The third kappa shape index (κ3) is 2.43. The van der Waals surface area contributed by atoms with Gasteiger partial charge in [0.1, 0.15) is 11.3 Å². The molecule has 0 amide bonds. The van der Waals surface area contributed by atoms with E-state index in [1.165, 1.54) is 0 Å². The zero-order valence-electron chi connectivity index (χ0n) is 9.14. The minimum Gasteiger partial charge on any atom is -0.464 e. The van der Waals surface area contributed by atoms with Crippen LogP contribution in [0.25, 0.3) is 11.0 Å². The lowest BCUT2D eigenvalue weighted by Gasteiger charge is -2.05. The van der Waals surface area contributed by atoms with Crippen LogP contribution in [0.3, 0.4) is 0 Å². The highest BCUT2D eigenvalue weighted by Gasteiger charge is 2.22. The second-order valence-corrected chi connectivity index (χ2v) is 3.92. The minimum atomic E-state index is -1.40. The minimum absolute atomic E-state index is 0.153. The first-order valence-electron chi connectivity index (χ1n) is 5.15. The van der Waals surface area contributed by atoms with E-state index in [2.05, 4.69) is 0 Å². The van der Waals surface area contributed by atoms with E-state index in [9.17, 15) is 9.90 Å². The van der Waals surface area contributed by atoms with Crippen molar-refractivity contribution in [2.24, 2.45) is 0 Å². The summed E-state index contributed by atoms with van der Waals surface area (Å²) in [7, 11) is 0. The van der Waals surface area contributed by atoms with Crippen LogP contribution in [-0.4, -0.2) is 17.7 Å². The van der Waals surface area contributed by atoms with Crippen molar-refractivity contribution in [3.63, 3.8) is 0 Å². The molecule has 0 aliphatic carbocycles. The van der Waals surface area contributed by atoms with E-state index >= 15 is 0 Å². The van der Waals surface area contributed by atoms with Gasteiger partial charge in [-0.1, -0.05) is 11.6 Å². The first-order chi connectivity index (χ1) is 8.11. The average molecular weight is 255 g/mol. The molecule has 1 unspecified atom stereocenters. The molecule has 90 valence electrons. The zero-order chi connectivity index (χ0) is 12.4. The quantitative estimate of drug-likeness (QED) is 0.856. The SMILES string of the molecule is CCOC(=O)C(O)c1cc2cc(Cl)ccc2o1. The standard InChI is InChI=1S/C12H11ClO4/c1-2-16-12(15)11(14)10-6-7-5-8(13)3-4-9(7)17-10/h3-6,11,14H,2H2,1H3. The molecule has 1 N–H and O–H groups in total. The number of fused-ring (bicyclic) bond motifs is 1. The van der Waals surface area contributed by atoms with Crippen molar-refractivity contribution >= 4 is 28.5 Å². The van der Waals surface area contributed by atoms with Crippen LogP contribution in [0.4, 0.5) is 0 Å². The highest BCUT2D eigenvalue weighted by Crippen LogP contribution is 2.26. The van der Waals surface area contributed by atoms with E-state index in [0.29, 0.717) is 10.6 Å². The van der Waals surface area contributed by atoms with Crippen LogP contribution < -0.4 is 0 Å². The van der Waals surface area contributed by atoms with E-state index in [1.54, 1.807) is 31.2 Å². The number of esters is 1. The average Bonchev–Trinajstić information content (AvgIpc) is 2.71. The van der Waals surface area contributed by atoms with Crippen LogP contribution in [0.15, 0.2) is 28.7 Å². The van der Waals surface area contributed by atoms with Crippen LogP contribution in [0.5, 0.6) is 0 Å². The van der Waals surface area contributed by atoms with Gasteiger partial charge in [-0.25, -0.2) is 4.79 Å². The van der Waals surface area contributed by atoms with Crippen LogP contribution in [-0.2, 0) is 9.53 Å². The molecule has 0 spiro atoms.